The van der Waals surface area contributed by atoms with Crippen LogP contribution in [0, 0.1) is 0 Å². The maximum absolute atomic E-state index is 10.3. The van der Waals surface area contributed by atoms with E-state index in [-0.39, 0.29) is 24.4 Å². The Hall–Kier alpha value is -1.14. The molecule has 0 bridgehead atoms. The number of ether oxygens (including phenoxy) is 2. The maximum Gasteiger partial charge on any atom is 0.119 e. The number of hydrogen-bond acceptors (Lipinski definition) is 5. The molecule has 2 N–H and O–H groups in total. The fraction of sp³-hybridized carbons (Fsp3) is 0.684. The zero-order valence-corrected chi connectivity index (χ0v) is 15.4. The minimum Gasteiger partial charge on any atom is -0.494 e. The molecule has 24 heavy (non-hydrogen) atoms. The Morgan fingerprint density at radius 2 is 1.88 bits per heavy atom. The summed E-state index contributed by atoms with van der Waals surface area (Å²) in [6.07, 6.45) is 0.0843. The molecule has 1 saturated heterocycles. The average Bonchev–Trinajstić information content (AvgIpc) is 2.52. The van der Waals surface area contributed by atoms with E-state index >= 15 is 0 Å². The molecule has 1 aromatic rings. The average molecular weight is 336 g/mol. The molecule has 4 atom stereocenters. The Kier molecular flexibility index (Phi) is 7.49. The maximum atomic E-state index is 10.3. The molecule has 1 aliphatic rings. The van der Waals surface area contributed by atoms with Crippen LogP contribution in [0.1, 0.15) is 39.3 Å². The largest absolute Gasteiger partial charge is 0.494 e. The van der Waals surface area contributed by atoms with E-state index < -0.39 is 0 Å². The van der Waals surface area contributed by atoms with E-state index in [9.17, 15) is 5.11 Å². The second-order valence-electron chi connectivity index (χ2n) is 6.76. The second kappa shape index (κ2) is 9.37. The van der Waals surface area contributed by atoms with Crippen LogP contribution in [0.3, 0.4) is 0 Å². The van der Waals surface area contributed by atoms with E-state index in [0.29, 0.717) is 19.7 Å². The number of β-amino-alcohol motifs (C(OH)–C–C–N with tert-alkyl or cyclic N) is 1. The predicted octanol–water partition coefficient (Wildman–Crippen LogP) is 2.21. The normalized spacial score (nSPS) is 24.5. The highest BCUT2D eigenvalue weighted by molar-refractivity contribution is 5.28. The molecule has 0 amide bonds. The van der Waals surface area contributed by atoms with Crippen molar-refractivity contribution in [2.45, 2.75) is 52.0 Å². The first-order valence-electron chi connectivity index (χ1n) is 9.00. The molecule has 136 valence electrons. The zero-order chi connectivity index (χ0) is 17.5. The van der Waals surface area contributed by atoms with Gasteiger partial charge in [0.05, 0.1) is 24.9 Å². The number of rotatable bonds is 8. The molecule has 5 heteroatoms. The SMILES string of the molecule is CCOc1ccc(C(C)NCC(O)CN2CC(C)OC(C)C2)cc1. The monoisotopic (exact) mass is 336 g/mol. The number of aliphatic hydroxyl groups excluding tert-OH is 1. The van der Waals surface area contributed by atoms with Gasteiger partial charge in [-0.25, -0.2) is 0 Å². The lowest BCUT2D eigenvalue weighted by Crippen LogP contribution is -2.49. The predicted molar refractivity (Wildman–Crippen MR) is 96.5 cm³/mol. The number of benzene rings is 1. The van der Waals surface area contributed by atoms with E-state index in [4.69, 9.17) is 9.47 Å². The molecule has 0 saturated carbocycles. The molecule has 0 radical (unpaired) electrons. The summed E-state index contributed by atoms with van der Waals surface area (Å²) in [4.78, 5) is 2.28. The van der Waals surface area contributed by atoms with Crippen LogP contribution in [0.2, 0.25) is 0 Å². The summed E-state index contributed by atoms with van der Waals surface area (Å²) in [5.41, 5.74) is 1.19. The number of aliphatic hydroxyl groups is 1. The molecule has 2 rings (SSSR count). The first kappa shape index (κ1) is 19.2. The van der Waals surface area contributed by atoms with Gasteiger partial charge in [-0.1, -0.05) is 12.1 Å². The summed E-state index contributed by atoms with van der Waals surface area (Å²) < 4.78 is 11.2. The van der Waals surface area contributed by atoms with E-state index in [0.717, 1.165) is 18.8 Å². The summed E-state index contributed by atoms with van der Waals surface area (Å²) >= 11 is 0. The van der Waals surface area contributed by atoms with Gasteiger partial charge in [0.15, 0.2) is 0 Å². The number of morpholine rings is 1. The van der Waals surface area contributed by atoms with Crippen molar-refractivity contribution >= 4 is 0 Å². The summed E-state index contributed by atoms with van der Waals surface area (Å²) in [7, 11) is 0. The van der Waals surface area contributed by atoms with Gasteiger partial charge in [-0.05, 0) is 45.4 Å². The first-order valence-corrected chi connectivity index (χ1v) is 9.00. The van der Waals surface area contributed by atoms with Crippen LogP contribution in [0.5, 0.6) is 5.75 Å². The molecule has 1 heterocycles. The van der Waals surface area contributed by atoms with Gasteiger partial charge in [0.25, 0.3) is 0 Å². The molecule has 0 aromatic heterocycles. The Bertz CT molecular complexity index is 470. The summed E-state index contributed by atoms with van der Waals surface area (Å²) in [5, 5.41) is 13.7. The highest BCUT2D eigenvalue weighted by atomic mass is 16.5. The molecule has 0 aliphatic carbocycles. The lowest BCUT2D eigenvalue weighted by molar-refractivity contribution is -0.0762. The van der Waals surface area contributed by atoms with Crippen molar-refractivity contribution in [1.82, 2.24) is 10.2 Å². The van der Waals surface area contributed by atoms with Crippen LogP contribution in [0.25, 0.3) is 0 Å². The van der Waals surface area contributed by atoms with Crippen LogP contribution in [-0.4, -0.2) is 61.1 Å². The number of nitrogens with one attached hydrogen (secondary N) is 1. The van der Waals surface area contributed by atoms with Gasteiger partial charge in [-0.3, -0.25) is 4.90 Å². The summed E-state index contributed by atoms with van der Waals surface area (Å²) in [6.45, 7) is 12.0. The highest BCUT2D eigenvalue weighted by Crippen LogP contribution is 2.17. The summed E-state index contributed by atoms with van der Waals surface area (Å²) in [6, 6.07) is 8.31. The van der Waals surface area contributed by atoms with E-state index in [2.05, 4.69) is 43.1 Å². The van der Waals surface area contributed by atoms with Crippen molar-refractivity contribution in [1.29, 1.82) is 0 Å². The Labute approximate surface area is 146 Å². The van der Waals surface area contributed by atoms with Crippen LogP contribution < -0.4 is 10.1 Å². The molecule has 0 spiro atoms. The van der Waals surface area contributed by atoms with E-state index in [1.807, 2.05) is 19.1 Å². The fourth-order valence-electron chi connectivity index (χ4n) is 3.25. The molecular formula is C19H32N2O3. The topological polar surface area (TPSA) is 54.0 Å². The highest BCUT2D eigenvalue weighted by Gasteiger charge is 2.23. The van der Waals surface area contributed by atoms with Gasteiger partial charge in [0.1, 0.15) is 5.75 Å². The van der Waals surface area contributed by atoms with Gasteiger partial charge in [0, 0.05) is 32.2 Å². The van der Waals surface area contributed by atoms with Crippen LogP contribution in [0.4, 0.5) is 0 Å². The Morgan fingerprint density at radius 1 is 1.25 bits per heavy atom. The van der Waals surface area contributed by atoms with Crippen LogP contribution in [-0.2, 0) is 4.74 Å². The minimum absolute atomic E-state index is 0.192. The molecule has 4 unspecified atom stereocenters. The summed E-state index contributed by atoms with van der Waals surface area (Å²) in [5.74, 6) is 0.893. The van der Waals surface area contributed by atoms with E-state index in [1.165, 1.54) is 5.56 Å². The lowest BCUT2D eigenvalue weighted by atomic mass is 10.1. The third-order valence-electron chi connectivity index (χ3n) is 4.31. The molecule has 1 fully saturated rings. The number of hydrogen-bond donors (Lipinski definition) is 2. The second-order valence-corrected chi connectivity index (χ2v) is 6.76. The quantitative estimate of drug-likeness (QED) is 0.762. The first-order chi connectivity index (χ1) is 11.5. The van der Waals surface area contributed by atoms with Crippen LogP contribution >= 0.6 is 0 Å². The van der Waals surface area contributed by atoms with Crippen molar-refractivity contribution in [2.75, 3.05) is 32.8 Å². The van der Waals surface area contributed by atoms with Gasteiger partial charge in [0.2, 0.25) is 0 Å². The standard InChI is InChI=1S/C19H32N2O3/c1-5-23-19-8-6-17(7-9-19)16(4)20-10-18(22)13-21-11-14(2)24-15(3)12-21/h6-9,14-16,18,20,22H,5,10-13H2,1-4H3. The number of nitrogens with zero attached hydrogens (tertiary/aromatic N) is 1. The van der Waals surface area contributed by atoms with Crippen molar-refractivity contribution in [3.05, 3.63) is 29.8 Å². The molecule has 1 aromatic carbocycles. The molecular weight excluding hydrogens is 304 g/mol. The third kappa shape index (κ3) is 6.06. The van der Waals surface area contributed by atoms with Crippen molar-refractivity contribution in [3.63, 3.8) is 0 Å². The minimum atomic E-state index is -0.382. The third-order valence-corrected chi connectivity index (χ3v) is 4.31. The zero-order valence-electron chi connectivity index (χ0n) is 15.4. The van der Waals surface area contributed by atoms with Crippen molar-refractivity contribution in [2.24, 2.45) is 0 Å². The van der Waals surface area contributed by atoms with Crippen molar-refractivity contribution < 1.29 is 14.6 Å². The van der Waals surface area contributed by atoms with E-state index in [1.54, 1.807) is 0 Å². The fourth-order valence-corrected chi connectivity index (χ4v) is 3.25. The van der Waals surface area contributed by atoms with Crippen LogP contribution in [0.15, 0.2) is 24.3 Å². The van der Waals surface area contributed by atoms with Gasteiger partial charge in [-0.15, -0.1) is 0 Å². The Balaban J connectivity index is 1.75. The Morgan fingerprint density at radius 3 is 2.46 bits per heavy atom. The van der Waals surface area contributed by atoms with Gasteiger partial charge < -0.3 is 19.9 Å². The molecule has 5 nitrogen and oxygen atoms in total. The molecule has 1 aliphatic heterocycles. The smallest absolute Gasteiger partial charge is 0.119 e. The van der Waals surface area contributed by atoms with Gasteiger partial charge in [-0.2, -0.15) is 0 Å². The van der Waals surface area contributed by atoms with Gasteiger partial charge >= 0.3 is 0 Å². The van der Waals surface area contributed by atoms with Crippen molar-refractivity contribution in [3.8, 4) is 5.75 Å². The lowest BCUT2D eigenvalue weighted by Gasteiger charge is -2.36.